The van der Waals surface area contributed by atoms with Gasteiger partial charge in [-0.1, -0.05) is 19.8 Å². The second-order valence-corrected chi connectivity index (χ2v) is 5.90. The highest BCUT2D eigenvalue weighted by atomic mass is 16.5. The van der Waals surface area contributed by atoms with Gasteiger partial charge >= 0.3 is 0 Å². The Kier molecular flexibility index (Phi) is 5.13. The molecule has 1 heterocycles. The van der Waals surface area contributed by atoms with Gasteiger partial charge < -0.3 is 4.74 Å². The Balaban J connectivity index is 2.02. The largest absolute Gasteiger partial charge is 0.376 e. The third-order valence-corrected chi connectivity index (χ3v) is 4.42. The molecule has 0 N–H and O–H groups in total. The van der Waals surface area contributed by atoms with E-state index < -0.39 is 0 Å². The summed E-state index contributed by atoms with van der Waals surface area (Å²) in [5.74, 6) is 0.581. The Morgan fingerprint density at radius 2 is 2.10 bits per heavy atom. The van der Waals surface area contributed by atoms with Gasteiger partial charge in [0.2, 0.25) is 0 Å². The van der Waals surface area contributed by atoms with Gasteiger partial charge in [0, 0.05) is 0 Å². The first-order chi connectivity index (χ1) is 10.0. The van der Waals surface area contributed by atoms with Crippen LogP contribution < -0.4 is 5.56 Å². The number of hydrogen-bond donors (Lipinski definition) is 0. The van der Waals surface area contributed by atoms with Crippen molar-refractivity contribution in [3.63, 3.8) is 0 Å². The van der Waals surface area contributed by atoms with Gasteiger partial charge in [-0.3, -0.25) is 4.79 Å². The minimum atomic E-state index is -0.319. The van der Waals surface area contributed by atoms with Crippen LogP contribution >= 0.6 is 0 Å². The standard InChI is InChI=1S/C16H23N3O2/c1-11-6-4-5-7-15(11)21-9-8-19-16(20)14(10-17)12(2)13(3)18-19/h11,15H,4-9H2,1-3H3/t11-,15+/m0/s1. The number of aryl methyl sites for hydroxylation is 1. The molecule has 2 atom stereocenters. The normalized spacial score (nSPS) is 22.0. The van der Waals surface area contributed by atoms with E-state index in [-0.39, 0.29) is 17.2 Å². The van der Waals surface area contributed by atoms with Crippen molar-refractivity contribution in [3.8, 4) is 6.07 Å². The second-order valence-electron chi connectivity index (χ2n) is 5.90. The Hall–Kier alpha value is -1.67. The fourth-order valence-electron chi connectivity index (χ4n) is 2.88. The zero-order valence-corrected chi connectivity index (χ0v) is 13.1. The smallest absolute Gasteiger partial charge is 0.285 e. The van der Waals surface area contributed by atoms with Crippen LogP contribution in [0.1, 0.15) is 49.4 Å². The Bertz CT molecular complexity index is 601. The van der Waals surface area contributed by atoms with Gasteiger partial charge in [-0.15, -0.1) is 0 Å². The topological polar surface area (TPSA) is 67.9 Å². The van der Waals surface area contributed by atoms with Crippen molar-refractivity contribution in [1.29, 1.82) is 5.26 Å². The summed E-state index contributed by atoms with van der Waals surface area (Å²) < 4.78 is 7.27. The van der Waals surface area contributed by atoms with Crippen LogP contribution in [0, 0.1) is 31.1 Å². The van der Waals surface area contributed by atoms with Crippen molar-refractivity contribution in [2.24, 2.45) is 5.92 Å². The summed E-state index contributed by atoms with van der Waals surface area (Å²) in [5, 5.41) is 13.3. The lowest BCUT2D eigenvalue weighted by atomic mass is 9.88. The maximum atomic E-state index is 12.1. The first-order valence-electron chi connectivity index (χ1n) is 7.64. The average molecular weight is 289 g/mol. The summed E-state index contributed by atoms with van der Waals surface area (Å²) in [6, 6.07) is 1.98. The van der Waals surface area contributed by atoms with Crippen LogP contribution in [-0.4, -0.2) is 22.5 Å². The van der Waals surface area contributed by atoms with E-state index >= 15 is 0 Å². The van der Waals surface area contributed by atoms with Crippen LogP contribution in [0.15, 0.2) is 4.79 Å². The van der Waals surface area contributed by atoms with Crippen molar-refractivity contribution < 1.29 is 4.74 Å². The summed E-state index contributed by atoms with van der Waals surface area (Å²) in [7, 11) is 0. The number of ether oxygens (including phenoxy) is 1. The molecule has 114 valence electrons. The predicted octanol–water partition coefficient (Wildman–Crippen LogP) is 2.33. The molecule has 5 heteroatoms. The summed E-state index contributed by atoms with van der Waals surface area (Å²) >= 11 is 0. The number of hydrogen-bond acceptors (Lipinski definition) is 4. The fraction of sp³-hybridized carbons (Fsp3) is 0.688. The molecule has 0 radical (unpaired) electrons. The van der Waals surface area contributed by atoms with Crippen LogP contribution in [0.25, 0.3) is 0 Å². The molecule has 1 aliphatic carbocycles. The Morgan fingerprint density at radius 1 is 1.38 bits per heavy atom. The van der Waals surface area contributed by atoms with Gasteiger partial charge in [0.25, 0.3) is 5.56 Å². The Morgan fingerprint density at radius 3 is 2.76 bits per heavy atom. The third kappa shape index (κ3) is 3.51. The second kappa shape index (κ2) is 6.86. The molecule has 1 aliphatic rings. The maximum absolute atomic E-state index is 12.1. The highest BCUT2D eigenvalue weighted by molar-refractivity contribution is 5.36. The molecule has 5 nitrogen and oxygen atoms in total. The van der Waals surface area contributed by atoms with E-state index in [9.17, 15) is 4.79 Å². The van der Waals surface area contributed by atoms with Crippen LogP contribution in [0.3, 0.4) is 0 Å². The molecule has 0 spiro atoms. The van der Waals surface area contributed by atoms with Gasteiger partial charge in [-0.2, -0.15) is 10.4 Å². The molecular formula is C16H23N3O2. The van der Waals surface area contributed by atoms with E-state index in [2.05, 4.69) is 12.0 Å². The van der Waals surface area contributed by atoms with E-state index in [0.717, 1.165) is 12.1 Å². The third-order valence-electron chi connectivity index (χ3n) is 4.42. The summed E-state index contributed by atoms with van der Waals surface area (Å²) in [6.45, 7) is 6.66. The molecule has 21 heavy (non-hydrogen) atoms. The van der Waals surface area contributed by atoms with Crippen LogP contribution in [0.2, 0.25) is 0 Å². The summed E-state index contributed by atoms with van der Waals surface area (Å²) in [6.07, 6.45) is 5.10. The SMILES string of the molecule is Cc1nn(CCO[C@@H]2CCCC[C@@H]2C)c(=O)c(C#N)c1C. The zero-order chi connectivity index (χ0) is 15.4. The monoisotopic (exact) mass is 289 g/mol. The van der Waals surface area contributed by atoms with Crippen LogP contribution in [0.4, 0.5) is 0 Å². The lowest BCUT2D eigenvalue weighted by molar-refractivity contribution is -0.00974. The summed E-state index contributed by atoms with van der Waals surface area (Å²) in [5.41, 5.74) is 1.26. The summed E-state index contributed by atoms with van der Waals surface area (Å²) in [4.78, 5) is 12.1. The lowest BCUT2D eigenvalue weighted by Crippen LogP contribution is -2.31. The van der Waals surface area contributed by atoms with E-state index in [1.54, 1.807) is 6.92 Å². The van der Waals surface area contributed by atoms with Gasteiger partial charge in [0.05, 0.1) is 24.9 Å². The first-order valence-corrected chi connectivity index (χ1v) is 7.64. The van der Waals surface area contributed by atoms with E-state index in [4.69, 9.17) is 10.00 Å². The molecule has 0 aromatic carbocycles. The number of aromatic nitrogens is 2. The minimum Gasteiger partial charge on any atom is -0.376 e. The van der Waals surface area contributed by atoms with Gasteiger partial charge in [-0.25, -0.2) is 4.68 Å². The average Bonchev–Trinajstić information content (AvgIpc) is 2.47. The number of rotatable bonds is 4. The minimum absolute atomic E-state index is 0.188. The molecule has 0 unspecified atom stereocenters. The highest BCUT2D eigenvalue weighted by Gasteiger charge is 2.21. The molecule has 0 bridgehead atoms. The van der Waals surface area contributed by atoms with Gasteiger partial charge in [0.15, 0.2) is 0 Å². The maximum Gasteiger partial charge on any atom is 0.285 e. The van der Waals surface area contributed by atoms with E-state index in [1.165, 1.54) is 23.9 Å². The van der Waals surface area contributed by atoms with E-state index in [0.29, 0.717) is 24.6 Å². The predicted molar refractivity (Wildman–Crippen MR) is 80.1 cm³/mol. The van der Waals surface area contributed by atoms with Crippen molar-refractivity contribution in [1.82, 2.24) is 9.78 Å². The fourth-order valence-corrected chi connectivity index (χ4v) is 2.88. The van der Waals surface area contributed by atoms with Gasteiger partial charge in [-0.05, 0) is 38.2 Å². The molecule has 1 fully saturated rings. The quantitative estimate of drug-likeness (QED) is 0.853. The molecule has 0 amide bonds. The highest BCUT2D eigenvalue weighted by Crippen LogP contribution is 2.26. The zero-order valence-electron chi connectivity index (χ0n) is 13.1. The first kappa shape index (κ1) is 15.7. The van der Waals surface area contributed by atoms with Gasteiger partial charge in [0.1, 0.15) is 11.6 Å². The number of nitrogens with zero attached hydrogens (tertiary/aromatic N) is 3. The molecule has 1 aromatic rings. The van der Waals surface area contributed by atoms with Crippen molar-refractivity contribution in [2.45, 2.75) is 59.1 Å². The molecular weight excluding hydrogens is 266 g/mol. The van der Waals surface area contributed by atoms with Crippen molar-refractivity contribution >= 4 is 0 Å². The molecule has 2 rings (SSSR count). The molecule has 1 aromatic heterocycles. The van der Waals surface area contributed by atoms with Crippen LogP contribution in [0.5, 0.6) is 0 Å². The van der Waals surface area contributed by atoms with Crippen molar-refractivity contribution in [3.05, 3.63) is 27.2 Å². The van der Waals surface area contributed by atoms with Crippen molar-refractivity contribution in [2.75, 3.05) is 6.61 Å². The number of nitriles is 1. The van der Waals surface area contributed by atoms with Crippen LogP contribution in [-0.2, 0) is 11.3 Å². The molecule has 1 saturated carbocycles. The van der Waals surface area contributed by atoms with E-state index in [1.807, 2.05) is 13.0 Å². The molecule has 0 saturated heterocycles. The lowest BCUT2D eigenvalue weighted by Gasteiger charge is -2.28. The molecule has 0 aliphatic heterocycles. The Labute approximate surface area is 125 Å².